The second kappa shape index (κ2) is 5.24. The van der Waals surface area contributed by atoms with E-state index in [1.807, 2.05) is 0 Å². The Morgan fingerprint density at radius 3 is 2.47 bits per heavy atom. The number of hydrogen-bond donors (Lipinski definition) is 0. The molecule has 0 amide bonds. The van der Waals surface area contributed by atoms with Crippen molar-refractivity contribution in [1.29, 1.82) is 0 Å². The average molecular weight is 394 g/mol. The second-order valence-electron chi connectivity index (χ2n) is 4.37. The number of nitrogens with zero attached hydrogens (tertiary/aromatic N) is 4. The highest BCUT2D eigenvalue weighted by Gasteiger charge is 2.18. The van der Waals surface area contributed by atoms with Crippen LogP contribution in [0.2, 0.25) is 0 Å². The molecule has 6 nitrogen and oxygen atoms in total. The van der Waals surface area contributed by atoms with Crippen molar-refractivity contribution in [1.82, 2.24) is 18.7 Å². The number of aromatic nitrogens is 4. The van der Waals surface area contributed by atoms with Gasteiger partial charge in [-0.15, -0.1) is 0 Å². The van der Waals surface area contributed by atoms with Gasteiger partial charge in [0.25, 0.3) is 5.56 Å². The van der Waals surface area contributed by atoms with Crippen LogP contribution in [0.4, 0.5) is 0 Å². The molecule has 0 saturated carbocycles. The summed E-state index contributed by atoms with van der Waals surface area (Å²) in [5, 5.41) is 0. The van der Waals surface area contributed by atoms with Gasteiger partial charge in [0.05, 0.1) is 0 Å². The Morgan fingerprint density at radius 2 is 1.89 bits per heavy atom. The van der Waals surface area contributed by atoms with Gasteiger partial charge in [-0.2, -0.15) is 0 Å². The number of halogens is 2. The highest BCUT2D eigenvalue weighted by atomic mass is 79.9. The fourth-order valence-corrected chi connectivity index (χ4v) is 2.69. The topological polar surface area (TPSA) is 61.8 Å². The number of imidazole rings is 1. The van der Waals surface area contributed by atoms with Crippen LogP contribution in [0.1, 0.15) is 13.3 Å². The SMILES string of the molecule is CC[C@H](Br)Cn1c(Br)nc2c1c(=O)n(C)c(=O)n2C. The van der Waals surface area contributed by atoms with E-state index in [-0.39, 0.29) is 16.1 Å². The van der Waals surface area contributed by atoms with Crippen LogP contribution in [0.5, 0.6) is 0 Å². The summed E-state index contributed by atoms with van der Waals surface area (Å²) < 4.78 is 4.83. The first-order valence-corrected chi connectivity index (χ1v) is 7.55. The molecule has 19 heavy (non-hydrogen) atoms. The van der Waals surface area contributed by atoms with Crippen LogP contribution >= 0.6 is 31.9 Å². The van der Waals surface area contributed by atoms with E-state index in [0.29, 0.717) is 22.4 Å². The molecule has 2 rings (SSSR count). The lowest BCUT2D eigenvalue weighted by Gasteiger charge is -2.10. The Bertz CT molecular complexity index is 744. The molecule has 2 heterocycles. The number of hydrogen-bond acceptors (Lipinski definition) is 3. The number of aryl methyl sites for hydroxylation is 1. The molecule has 2 aromatic rings. The van der Waals surface area contributed by atoms with E-state index in [1.54, 1.807) is 11.6 Å². The zero-order valence-electron chi connectivity index (χ0n) is 10.9. The van der Waals surface area contributed by atoms with Crippen molar-refractivity contribution in [2.45, 2.75) is 24.7 Å². The molecule has 0 unspecified atom stereocenters. The molecule has 0 aliphatic rings. The Hall–Kier alpha value is -0.890. The molecule has 0 spiro atoms. The van der Waals surface area contributed by atoms with Gasteiger partial charge < -0.3 is 4.57 Å². The summed E-state index contributed by atoms with van der Waals surface area (Å²) in [6, 6.07) is 0. The van der Waals surface area contributed by atoms with Crippen molar-refractivity contribution in [2.75, 3.05) is 0 Å². The maximum Gasteiger partial charge on any atom is 0.332 e. The fraction of sp³-hybridized carbons (Fsp3) is 0.545. The first-order chi connectivity index (χ1) is 8.88. The number of alkyl halides is 1. The van der Waals surface area contributed by atoms with Crippen LogP contribution in [0, 0.1) is 0 Å². The summed E-state index contributed by atoms with van der Waals surface area (Å²) in [6.07, 6.45) is 0.929. The zero-order valence-corrected chi connectivity index (χ0v) is 14.0. The molecule has 104 valence electrons. The van der Waals surface area contributed by atoms with Crippen molar-refractivity contribution >= 4 is 43.0 Å². The Morgan fingerprint density at radius 1 is 1.26 bits per heavy atom. The van der Waals surface area contributed by atoms with Crippen LogP contribution in [0.15, 0.2) is 14.3 Å². The maximum atomic E-state index is 12.3. The van der Waals surface area contributed by atoms with Crippen LogP contribution in [0.25, 0.3) is 11.2 Å². The lowest BCUT2D eigenvalue weighted by atomic mass is 10.3. The first kappa shape index (κ1) is 14.5. The van der Waals surface area contributed by atoms with Gasteiger partial charge in [0.2, 0.25) is 0 Å². The molecule has 0 saturated heterocycles. The first-order valence-electron chi connectivity index (χ1n) is 5.84. The molecule has 0 aromatic carbocycles. The summed E-state index contributed by atoms with van der Waals surface area (Å²) in [6.45, 7) is 2.67. The van der Waals surface area contributed by atoms with Crippen molar-refractivity contribution in [2.24, 2.45) is 14.1 Å². The molecule has 0 fully saturated rings. The summed E-state index contributed by atoms with van der Waals surface area (Å²) in [4.78, 5) is 28.6. The van der Waals surface area contributed by atoms with Crippen LogP contribution in [-0.2, 0) is 20.6 Å². The van der Waals surface area contributed by atoms with Gasteiger partial charge in [-0.1, -0.05) is 22.9 Å². The summed E-state index contributed by atoms with van der Waals surface area (Å²) >= 11 is 6.90. The predicted molar refractivity (Wildman–Crippen MR) is 80.9 cm³/mol. The molecular formula is C11H14Br2N4O2. The average Bonchev–Trinajstić information content (AvgIpc) is 2.71. The Labute approximate surface area is 126 Å². The van der Waals surface area contributed by atoms with E-state index in [0.717, 1.165) is 11.0 Å². The minimum absolute atomic E-state index is 0.239. The van der Waals surface area contributed by atoms with Crippen LogP contribution in [0.3, 0.4) is 0 Å². The number of rotatable bonds is 3. The maximum absolute atomic E-state index is 12.3. The van der Waals surface area contributed by atoms with Crippen molar-refractivity contribution in [3.8, 4) is 0 Å². The van der Waals surface area contributed by atoms with Gasteiger partial charge in [0, 0.05) is 25.5 Å². The van der Waals surface area contributed by atoms with Crippen molar-refractivity contribution in [3.05, 3.63) is 25.6 Å². The van der Waals surface area contributed by atoms with Gasteiger partial charge in [0.1, 0.15) is 0 Å². The minimum atomic E-state index is -0.375. The molecule has 2 aromatic heterocycles. The van der Waals surface area contributed by atoms with Gasteiger partial charge >= 0.3 is 5.69 Å². The smallest absolute Gasteiger partial charge is 0.312 e. The highest BCUT2D eigenvalue weighted by Crippen LogP contribution is 2.19. The van der Waals surface area contributed by atoms with Gasteiger partial charge in [-0.3, -0.25) is 13.9 Å². The van der Waals surface area contributed by atoms with E-state index in [9.17, 15) is 9.59 Å². The lowest BCUT2D eigenvalue weighted by molar-refractivity contribution is 0.649. The fourth-order valence-electron chi connectivity index (χ4n) is 1.91. The molecule has 0 N–H and O–H groups in total. The molecule has 0 aliphatic carbocycles. The van der Waals surface area contributed by atoms with Gasteiger partial charge in [-0.25, -0.2) is 9.78 Å². The standard InChI is InChI=1S/C11H14Br2N4O2/c1-4-6(12)5-17-7-8(14-10(17)13)15(2)11(19)16(3)9(7)18/h6H,4-5H2,1-3H3/t6-/m0/s1. The largest absolute Gasteiger partial charge is 0.332 e. The van der Waals surface area contributed by atoms with E-state index in [2.05, 4.69) is 43.8 Å². The molecule has 0 bridgehead atoms. The third-order valence-corrected chi connectivity index (χ3v) is 4.67. The molecule has 8 heteroatoms. The van der Waals surface area contributed by atoms with Crippen molar-refractivity contribution < 1.29 is 0 Å². The van der Waals surface area contributed by atoms with E-state index < -0.39 is 0 Å². The summed E-state index contributed by atoms with van der Waals surface area (Å²) in [5.74, 6) is 0. The Kier molecular flexibility index (Phi) is 4.00. The molecule has 0 aliphatic heterocycles. The van der Waals surface area contributed by atoms with E-state index in [4.69, 9.17) is 0 Å². The summed E-state index contributed by atoms with van der Waals surface area (Å²) in [7, 11) is 3.08. The Balaban J connectivity index is 2.83. The highest BCUT2D eigenvalue weighted by molar-refractivity contribution is 9.10. The van der Waals surface area contributed by atoms with E-state index >= 15 is 0 Å². The molecular weight excluding hydrogens is 380 g/mol. The second-order valence-corrected chi connectivity index (χ2v) is 6.38. The molecule has 0 radical (unpaired) electrons. The van der Waals surface area contributed by atoms with E-state index in [1.165, 1.54) is 11.6 Å². The van der Waals surface area contributed by atoms with Gasteiger partial charge in [-0.05, 0) is 22.4 Å². The third kappa shape index (κ3) is 2.31. The van der Waals surface area contributed by atoms with Crippen LogP contribution in [-0.4, -0.2) is 23.5 Å². The van der Waals surface area contributed by atoms with Crippen LogP contribution < -0.4 is 11.2 Å². The summed E-state index contributed by atoms with van der Waals surface area (Å²) in [5.41, 5.74) is 0.137. The predicted octanol–water partition coefficient (Wildman–Crippen LogP) is 1.37. The van der Waals surface area contributed by atoms with Crippen molar-refractivity contribution in [3.63, 3.8) is 0 Å². The quantitative estimate of drug-likeness (QED) is 0.584. The monoisotopic (exact) mass is 392 g/mol. The lowest BCUT2D eigenvalue weighted by Crippen LogP contribution is -2.37. The zero-order chi connectivity index (χ0) is 14.3. The third-order valence-electron chi connectivity index (χ3n) is 3.13. The normalized spacial score (nSPS) is 13.1. The molecule has 1 atom stereocenters. The van der Waals surface area contributed by atoms with Gasteiger partial charge in [0.15, 0.2) is 15.9 Å². The number of fused-ring (bicyclic) bond motifs is 1. The minimum Gasteiger partial charge on any atom is -0.312 e.